The lowest BCUT2D eigenvalue weighted by atomic mass is 10.1. The highest BCUT2D eigenvalue weighted by Gasteiger charge is 2.09. The molecule has 0 saturated carbocycles. The maximum Gasteiger partial charge on any atom is 0.308 e. The quantitative estimate of drug-likeness (QED) is 0.258. The zero-order valence-electron chi connectivity index (χ0n) is 15.0. The molecule has 5 N–H and O–H groups in total. The number of benzene rings is 1. The molecule has 0 fully saturated rings. The van der Waals surface area contributed by atoms with Gasteiger partial charge in [0, 0.05) is 44.6 Å². The zero-order chi connectivity index (χ0) is 19.4. The molecule has 1 rings (SSSR count). The lowest BCUT2D eigenvalue weighted by molar-refractivity contribution is -0.132. The van der Waals surface area contributed by atoms with Crippen LogP contribution in [0.3, 0.4) is 0 Å². The van der Waals surface area contributed by atoms with E-state index in [2.05, 4.69) is 10.6 Å². The molecule has 1 aromatic carbocycles. The summed E-state index contributed by atoms with van der Waals surface area (Å²) in [7, 11) is 0. The van der Waals surface area contributed by atoms with Crippen molar-refractivity contribution < 1.29 is 24.2 Å². The van der Waals surface area contributed by atoms with Gasteiger partial charge in [-0.1, -0.05) is 6.07 Å². The van der Waals surface area contributed by atoms with Crippen LogP contribution in [0, 0.1) is 0 Å². The summed E-state index contributed by atoms with van der Waals surface area (Å²) in [5.74, 6) is -0.573. The first-order valence-corrected chi connectivity index (χ1v) is 8.66. The van der Waals surface area contributed by atoms with Crippen molar-refractivity contribution in [3.63, 3.8) is 0 Å². The average molecular weight is 365 g/mol. The monoisotopic (exact) mass is 365 g/mol. The Morgan fingerprint density at radius 1 is 1.08 bits per heavy atom. The summed E-state index contributed by atoms with van der Waals surface area (Å²) < 4.78 is 4.86. The molecule has 8 nitrogen and oxygen atoms in total. The molecule has 0 heterocycles. The third-order valence-corrected chi connectivity index (χ3v) is 3.54. The van der Waals surface area contributed by atoms with Crippen molar-refractivity contribution in [2.75, 3.05) is 19.6 Å². The molecule has 0 radical (unpaired) electrons. The summed E-state index contributed by atoms with van der Waals surface area (Å²) in [5, 5.41) is 15.5. The van der Waals surface area contributed by atoms with E-state index in [0.717, 1.165) is 19.3 Å². The fourth-order valence-corrected chi connectivity index (χ4v) is 2.26. The maximum absolute atomic E-state index is 11.9. The van der Waals surface area contributed by atoms with Gasteiger partial charge in [-0.05, 0) is 25.3 Å². The van der Waals surface area contributed by atoms with Crippen molar-refractivity contribution in [1.82, 2.24) is 10.6 Å². The molecular weight excluding hydrogens is 338 g/mol. The molecule has 0 aliphatic carbocycles. The standard InChI is InChI=1S/C18H27N3O5/c1-13(22)26-15-6-5-14(16(23)12-15)11-18(25)21-10-4-2-3-9-20-17(24)7-8-19/h5-6,12,23H,2-4,7-11,19H2,1H3,(H,20,24)(H,21,25). The fourth-order valence-electron chi connectivity index (χ4n) is 2.26. The van der Waals surface area contributed by atoms with Crippen LogP contribution in [-0.2, 0) is 20.8 Å². The predicted octanol–water partition coefficient (Wildman–Crippen LogP) is 0.612. The lowest BCUT2D eigenvalue weighted by Crippen LogP contribution is -2.27. The van der Waals surface area contributed by atoms with Crippen LogP contribution in [-0.4, -0.2) is 42.5 Å². The molecule has 0 aliphatic heterocycles. The number of aromatic hydroxyl groups is 1. The van der Waals surface area contributed by atoms with Crippen LogP contribution < -0.4 is 21.1 Å². The minimum absolute atomic E-state index is 0.0414. The Hall–Kier alpha value is -2.61. The van der Waals surface area contributed by atoms with Crippen LogP contribution in [0.4, 0.5) is 0 Å². The van der Waals surface area contributed by atoms with E-state index in [1.54, 1.807) is 6.07 Å². The summed E-state index contributed by atoms with van der Waals surface area (Å²) in [5.41, 5.74) is 5.74. The van der Waals surface area contributed by atoms with E-state index in [-0.39, 0.29) is 29.7 Å². The molecule has 144 valence electrons. The molecule has 0 unspecified atom stereocenters. The van der Waals surface area contributed by atoms with Gasteiger partial charge in [0.15, 0.2) is 0 Å². The second-order valence-corrected chi connectivity index (χ2v) is 5.86. The summed E-state index contributed by atoms with van der Waals surface area (Å²) >= 11 is 0. The molecule has 2 amide bonds. The van der Waals surface area contributed by atoms with Crippen molar-refractivity contribution in [2.45, 2.75) is 39.0 Å². The third-order valence-electron chi connectivity index (χ3n) is 3.54. The van der Waals surface area contributed by atoms with E-state index < -0.39 is 5.97 Å². The van der Waals surface area contributed by atoms with Gasteiger partial charge in [0.1, 0.15) is 11.5 Å². The number of nitrogens with two attached hydrogens (primary N) is 1. The highest BCUT2D eigenvalue weighted by molar-refractivity contribution is 5.79. The smallest absolute Gasteiger partial charge is 0.308 e. The number of phenolic OH excluding ortho intramolecular Hbond substituents is 1. The summed E-state index contributed by atoms with van der Waals surface area (Å²) in [6, 6.07) is 4.39. The Bertz CT molecular complexity index is 619. The Morgan fingerprint density at radius 3 is 2.31 bits per heavy atom. The van der Waals surface area contributed by atoms with E-state index in [0.29, 0.717) is 31.6 Å². The Labute approximate surface area is 153 Å². The van der Waals surface area contributed by atoms with Gasteiger partial charge in [-0.2, -0.15) is 0 Å². The Morgan fingerprint density at radius 2 is 1.73 bits per heavy atom. The van der Waals surface area contributed by atoms with Crippen LogP contribution >= 0.6 is 0 Å². The molecular formula is C18H27N3O5. The van der Waals surface area contributed by atoms with Crippen LogP contribution in [0.1, 0.15) is 38.2 Å². The van der Waals surface area contributed by atoms with E-state index in [1.165, 1.54) is 19.1 Å². The molecule has 26 heavy (non-hydrogen) atoms. The number of ether oxygens (including phenoxy) is 1. The molecule has 0 spiro atoms. The molecule has 0 atom stereocenters. The molecule has 1 aromatic rings. The Balaban J connectivity index is 2.20. The number of rotatable bonds is 11. The van der Waals surface area contributed by atoms with Gasteiger partial charge >= 0.3 is 5.97 Å². The van der Waals surface area contributed by atoms with Gasteiger partial charge < -0.3 is 26.2 Å². The zero-order valence-corrected chi connectivity index (χ0v) is 15.0. The topological polar surface area (TPSA) is 131 Å². The van der Waals surface area contributed by atoms with E-state index in [4.69, 9.17) is 10.5 Å². The first-order valence-electron chi connectivity index (χ1n) is 8.66. The van der Waals surface area contributed by atoms with Crippen molar-refractivity contribution >= 4 is 17.8 Å². The van der Waals surface area contributed by atoms with Crippen LogP contribution in [0.15, 0.2) is 18.2 Å². The van der Waals surface area contributed by atoms with E-state index >= 15 is 0 Å². The minimum Gasteiger partial charge on any atom is -0.508 e. The molecule has 8 heteroatoms. The van der Waals surface area contributed by atoms with Gasteiger partial charge in [0.05, 0.1) is 6.42 Å². The first-order chi connectivity index (χ1) is 12.4. The second-order valence-electron chi connectivity index (χ2n) is 5.86. The average Bonchev–Trinajstić information content (AvgIpc) is 2.56. The van der Waals surface area contributed by atoms with Crippen molar-refractivity contribution in [3.8, 4) is 11.5 Å². The van der Waals surface area contributed by atoms with Crippen molar-refractivity contribution in [3.05, 3.63) is 23.8 Å². The number of hydrogen-bond donors (Lipinski definition) is 4. The number of amides is 2. The number of carbonyl (C=O) groups is 3. The lowest BCUT2D eigenvalue weighted by Gasteiger charge is -2.08. The minimum atomic E-state index is -0.478. The van der Waals surface area contributed by atoms with Gasteiger partial charge in [-0.25, -0.2) is 0 Å². The number of phenols is 1. The number of esters is 1. The van der Waals surface area contributed by atoms with Gasteiger partial charge in [-0.3, -0.25) is 14.4 Å². The number of unbranched alkanes of at least 4 members (excludes halogenated alkanes) is 2. The second kappa shape index (κ2) is 11.9. The molecule has 0 aliphatic rings. The molecule has 0 saturated heterocycles. The van der Waals surface area contributed by atoms with E-state index in [9.17, 15) is 19.5 Å². The summed E-state index contributed by atoms with van der Waals surface area (Å²) in [6.45, 7) is 2.75. The first kappa shape index (κ1) is 21.4. The number of carbonyl (C=O) groups excluding carboxylic acids is 3. The largest absolute Gasteiger partial charge is 0.508 e. The highest BCUT2D eigenvalue weighted by atomic mass is 16.5. The summed E-state index contributed by atoms with van der Waals surface area (Å²) in [4.78, 5) is 34.0. The van der Waals surface area contributed by atoms with Crippen LogP contribution in [0.25, 0.3) is 0 Å². The highest BCUT2D eigenvalue weighted by Crippen LogP contribution is 2.24. The SMILES string of the molecule is CC(=O)Oc1ccc(CC(=O)NCCCCCNC(=O)CCN)c(O)c1. The predicted molar refractivity (Wildman–Crippen MR) is 96.7 cm³/mol. The molecule has 0 bridgehead atoms. The van der Waals surface area contributed by atoms with Gasteiger partial charge in [0.25, 0.3) is 0 Å². The third kappa shape index (κ3) is 9.03. The fraction of sp³-hybridized carbons (Fsp3) is 0.500. The van der Waals surface area contributed by atoms with Gasteiger partial charge in [-0.15, -0.1) is 0 Å². The van der Waals surface area contributed by atoms with Crippen LogP contribution in [0.2, 0.25) is 0 Å². The van der Waals surface area contributed by atoms with Gasteiger partial charge in [0.2, 0.25) is 11.8 Å². The Kier molecular flexibility index (Phi) is 9.78. The normalized spacial score (nSPS) is 10.2. The number of nitrogens with one attached hydrogen (secondary N) is 2. The van der Waals surface area contributed by atoms with E-state index in [1.807, 2.05) is 0 Å². The van der Waals surface area contributed by atoms with Crippen molar-refractivity contribution in [2.24, 2.45) is 5.73 Å². The van der Waals surface area contributed by atoms with Crippen molar-refractivity contribution in [1.29, 1.82) is 0 Å². The summed E-state index contributed by atoms with van der Waals surface area (Å²) in [6.07, 6.45) is 2.90. The number of hydrogen-bond acceptors (Lipinski definition) is 6. The maximum atomic E-state index is 11.9. The van der Waals surface area contributed by atoms with Crippen LogP contribution in [0.5, 0.6) is 11.5 Å². The molecule has 0 aromatic heterocycles.